The molecule has 0 spiro atoms. The first-order chi connectivity index (χ1) is 12.5. The lowest BCUT2D eigenvalue weighted by Gasteiger charge is -2.05. The van der Waals surface area contributed by atoms with Crippen LogP contribution in [-0.2, 0) is 0 Å². The van der Waals surface area contributed by atoms with Crippen molar-refractivity contribution in [1.29, 1.82) is 0 Å². The number of hydrogen-bond donors (Lipinski definition) is 2. The quantitative estimate of drug-likeness (QED) is 0.581. The zero-order valence-corrected chi connectivity index (χ0v) is 13.5. The smallest absolute Gasteiger partial charge is 0.255 e. The monoisotopic (exact) mass is 354 g/mol. The summed E-state index contributed by atoms with van der Waals surface area (Å²) >= 11 is 0. The molecule has 0 saturated heterocycles. The average Bonchev–Trinajstić information content (AvgIpc) is 3.22. The van der Waals surface area contributed by atoms with Gasteiger partial charge in [0.1, 0.15) is 0 Å². The van der Waals surface area contributed by atoms with Crippen LogP contribution >= 0.6 is 0 Å². The molecular weight excluding hydrogens is 342 g/mol. The van der Waals surface area contributed by atoms with Crippen LogP contribution in [0.15, 0.2) is 47.1 Å². The summed E-state index contributed by atoms with van der Waals surface area (Å²) < 4.78 is 31.7. The molecule has 0 fully saturated rings. The van der Waals surface area contributed by atoms with Crippen LogP contribution in [0.25, 0.3) is 22.3 Å². The van der Waals surface area contributed by atoms with Gasteiger partial charge in [-0.3, -0.25) is 4.79 Å². The second kappa shape index (κ2) is 6.07. The first kappa shape index (κ1) is 15.9. The minimum Gasteiger partial charge on any atom is -0.359 e. The molecule has 0 aliphatic heterocycles. The summed E-state index contributed by atoms with van der Waals surface area (Å²) in [7, 11) is 0. The Labute approximate surface area is 145 Å². The summed E-state index contributed by atoms with van der Waals surface area (Å²) in [4.78, 5) is 19.5. The van der Waals surface area contributed by atoms with Gasteiger partial charge in [0.05, 0.1) is 11.2 Å². The summed E-state index contributed by atoms with van der Waals surface area (Å²) in [6.45, 7) is 1.67. The molecule has 0 unspecified atom stereocenters. The third-order valence-electron chi connectivity index (χ3n) is 3.88. The largest absolute Gasteiger partial charge is 0.359 e. The van der Waals surface area contributed by atoms with Gasteiger partial charge in [-0.05, 0) is 18.2 Å². The molecule has 0 atom stereocenters. The Morgan fingerprint density at radius 1 is 1.19 bits per heavy atom. The molecule has 0 saturated carbocycles. The van der Waals surface area contributed by atoms with E-state index in [0.717, 1.165) is 12.1 Å². The standard InChI is InChI=1S/C18H12F2N4O2/c1-9-22-17(24-26-9)10-3-2-4-11(5-10)18(25)23-16-8-21-15-7-14(20)13(19)6-12(15)16/h2-8,21H,1H3,(H,23,25). The maximum atomic E-state index is 13.5. The highest BCUT2D eigenvalue weighted by atomic mass is 19.2. The van der Waals surface area contributed by atoms with Gasteiger partial charge in [-0.2, -0.15) is 4.98 Å². The van der Waals surface area contributed by atoms with Gasteiger partial charge in [0, 0.05) is 35.7 Å². The number of nitrogens with zero attached hydrogens (tertiary/aromatic N) is 2. The second-order valence-electron chi connectivity index (χ2n) is 5.69. The van der Waals surface area contributed by atoms with Crippen molar-refractivity contribution in [2.45, 2.75) is 6.92 Å². The number of aryl methyl sites for hydroxylation is 1. The number of aromatic nitrogens is 3. The van der Waals surface area contributed by atoms with Crippen molar-refractivity contribution in [2.75, 3.05) is 5.32 Å². The number of rotatable bonds is 3. The normalized spacial score (nSPS) is 11.0. The number of hydrogen-bond acceptors (Lipinski definition) is 4. The number of fused-ring (bicyclic) bond motifs is 1. The lowest BCUT2D eigenvalue weighted by atomic mass is 10.1. The van der Waals surface area contributed by atoms with Crippen molar-refractivity contribution in [3.8, 4) is 11.4 Å². The van der Waals surface area contributed by atoms with Crippen LogP contribution in [0.3, 0.4) is 0 Å². The van der Waals surface area contributed by atoms with Crippen LogP contribution in [0.4, 0.5) is 14.5 Å². The molecule has 2 aromatic heterocycles. The first-order valence-corrected chi connectivity index (χ1v) is 7.69. The molecule has 26 heavy (non-hydrogen) atoms. The van der Waals surface area contributed by atoms with Crippen molar-refractivity contribution in [2.24, 2.45) is 0 Å². The number of amides is 1. The molecule has 0 aliphatic rings. The van der Waals surface area contributed by atoms with Gasteiger partial charge in [0.25, 0.3) is 5.91 Å². The fourth-order valence-electron chi connectivity index (χ4n) is 2.63. The molecule has 0 aliphatic carbocycles. The van der Waals surface area contributed by atoms with Gasteiger partial charge in [0.2, 0.25) is 11.7 Å². The minimum absolute atomic E-state index is 0.352. The molecule has 6 nitrogen and oxygen atoms in total. The molecule has 2 aromatic carbocycles. The van der Waals surface area contributed by atoms with Crippen LogP contribution in [0.5, 0.6) is 0 Å². The van der Waals surface area contributed by atoms with E-state index in [1.54, 1.807) is 31.2 Å². The maximum absolute atomic E-state index is 13.5. The van der Waals surface area contributed by atoms with E-state index in [1.807, 2.05) is 0 Å². The maximum Gasteiger partial charge on any atom is 0.255 e. The van der Waals surface area contributed by atoms with Crippen LogP contribution in [0.1, 0.15) is 16.2 Å². The van der Waals surface area contributed by atoms with E-state index in [-0.39, 0.29) is 0 Å². The number of anilines is 1. The zero-order chi connectivity index (χ0) is 18.3. The lowest BCUT2D eigenvalue weighted by molar-refractivity contribution is 0.102. The van der Waals surface area contributed by atoms with Crippen LogP contribution < -0.4 is 5.32 Å². The van der Waals surface area contributed by atoms with E-state index in [4.69, 9.17) is 4.52 Å². The van der Waals surface area contributed by atoms with Crippen molar-refractivity contribution in [3.05, 3.63) is 65.7 Å². The molecule has 4 aromatic rings. The Hall–Kier alpha value is -3.55. The van der Waals surface area contributed by atoms with Gasteiger partial charge >= 0.3 is 0 Å². The van der Waals surface area contributed by atoms with E-state index in [0.29, 0.717) is 39.4 Å². The third kappa shape index (κ3) is 2.81. The molecule has 2 N–H and O–H groups in total. The SMILES string of the molecule is Cc1nc(-c2cccc(C(=O)Nc3c[nH]c4cc(F)c(F)cc34)c2)no1. The topological polar surface area (TPSA) is 83.8 Å². The molecule has 130 valence electrons. The summed E-state index contributed by atoms with van der Waals surface area (Å²) in [6.07, 6.45) is 1.48. The molecule has 2 heterocycles. The molecule has 8 heteroatoms. The number of carbonyl (C=O) groups is 1. The number of H-pyrrole nitrogens is 1. The zero-order valence-electron chi connectivity index (χ0n) is 13.5. The van der Waals surface area contributed by atoms with E-state index in [9.17, 15) is 13.6 Å². The lowest BCUT2D eigenvalue weighted by Crippen LogP contribution is -2.11. The first-order valence-electron chi connectivity index (χ1n) is 7.69. The van der Waals surface area contributed by atoms with Gasteiger partial charge < -0.3 is 14.8 Å². The van der Waals surface area contributed by atoms with Gasteiger partial charge in [-0.25, -0.2) is 8.78 Å². The predicted octanol–water partition coefficient (Wildman–Crippen LogP) is 4.06. The highest BCUT2D eigenvalue weighted by Crippen LogP contribution is 2.26. The van der Waals surface area contributed by atoms with Crippen molar-refractivity contribution < 1.29 is 18.1 Å². The summed E-state index contributed by atoms with van der Waals surface area (Å²) in [5.41, 5.74) is 1.73. The minimum atomic E-state index is -0.984. The average molecular weight is 354 g/mol. The van der Waals surface area contributed by atoms with Crippen molar-refractivity contribution in [3.63, 3.8) is 0 Å². The van der Waals surface area contributed by atoms with E-state index in [1.165, 1.54) is 6.20 Å². The van der Waals surface area contributed by atoms with Crippen molar-refractivity contribution >= 4 is 22.5 Å². The van der Waals surface area contributed by atoms with Gasteiger partial charge in [0.15, 0.2) is 11.6 Å². The molecule has 4 rings (SSSR count). The Balaban J connectivity index is 1.64. The Bertz CT molecular complexity index is 1130. The molecule has 0 radical (unpaired) electrons. The molecular formula is C18H12F2N4O2. The highest BCUT2D eigenvalue weighted by Gasteiger charge is 2.14. The van der Waals surface area contributed by atoms with Crippen molar-refractivity contribution in [1.82, 2.24) is 15.1 Å². The number of benzene rings is 2. The number of carbonyl (C=O) groups excluding carboxylic acids is 1. The Kier molecular flexibility index (Phi) is 3.72. The number of aromatic amines is 1. The van der Waals surface area contributed by atoms with Crippen LogP contribution in [0, 0.1) is 18.6 Å². The van der Waals surface area contributed by atoms with Crippen LogP contribution in [0.2, 0.25) is 0 Å². The van der Waals surface area contributed by atoms with E-state index in [2.05, 4.69) is 20.4 Å². The summed E-state index contributed by atoms with van der Waals surface area (Å²) in [5.74, 6) is -1.55. The fraction of sp³-hybridized carbons (Fsp3) is 0.0556. The predicted molar refractivity (Wildman–Crippen MR) is 90.6 cm³/mol. The summed E-state index contributed by atoms with van der Waals surface area (Å²) in [6, 6.07) is 8.77. The van der Waals surface area contributed by atoms with E-state index >= 15 is 0 Å². The fourth-order valence-corrected chi connectivity index (χ4v) is 2.63. The van der Waals surface area contributed by atoms with E-state index < -0.39 is 17.5 Å². The van der Waals surface area contributed by atoms with Gasteiger partial charge in [-0.1, -0.05) is 17.3 Å². The molecule has 0 bridgehead atoms. The third-order valence-corrected chi connectivity index (χ3v) is 3.88. The summed E-state index contributed by atoms with van der Waals surface area (Å²) in [5, 5.41) is 6.89. The van der Waals surface area contributed by atoms with Gasteiger partial charge in [-0.15, -0.1) is 0 Å². The Morgan fingerprint density at radius 2 is 2.00 bits per heavy atom. The number of nitrogens with one attached hydrogen (secondary N) is 2. The second-order valence-corrected chi connectivity index (χ2v) is 5.69. The number of halogens is 2. The van der Waals surface area contributed by atoms with Crippen LogP contribution in [-0.4, -0.2) is 21.0 Å². The highest BCUT2D eigenvalue weighted by molar-refractivity contribution is 6.09. The Morgan fingerprint density at radius 3 is 2.77 bits per heavy atom. The molecule has 1 amide bonds.